The average molecular weight is 215 g/mol. The number of aliphatic hydroxyl groups is 1. The molecule has 2 nitrogen and oxygen atoms in total. The van der Waals surface area contributed by atoms with Gasteiger partial charge in [0.25, 0.3) is 0 Å². The first-order valence-electron chi connectivity index (χ1n) is 4.71. The fourth-order valence-electron chi connectivity index (χ4n) is 1.08. The number of aliphatic hydroxyl groups excluding tert-OH is 1. The number of benzene rings is 1. The Morgan fingerprint density at radius 1 is 1.29 bits per heavy atom. The van der Waals surface area contributed by atoms with Crippen LogP contribution < -0.4 is 4.74 Å². The summed E-state index contributed by atoms with van der Waals surface area (Å²) in [5.74, 6) is 1.48. The van der Waals surface area contributed by atoms with E-state index in [0.717, 1.165) is 12.2 Å². The SMILES string of the molecule is OCC(CCl)CCOc1ccccc1. The Morgan fingerprint density at radius 3 is 2.57 bits per heavy atom. The summed E-state index contributed by atoms with van der Waals surface area (Å²) in [6, 6.07) is 9.63. The predicted octanol–water partition coefficient (Wildman–Crippen LogP) is 2.30. The van der Waals surface area contributed by atoms with Gasteiger partial charge in [0.05, 0.1) is 6.61 Å². The summed E-state index contributed by atoms with van der Waals surface area (Å²) in [4.78, 5) is 0. The standard InChI is InChI=1S/C11H15ClO2/c12-8-10(9-13)6-7-14-11-4-2-1-3-5-11/h1-5,10,13H,6-9H2. The third-order valence-electron chi connectivity index (χ3n) is 2.01. The molecule has 78 valence electrons. The maximum absolute atomic E-state index is 8.88. The Morgan fingerprint density at radius 2 is 2.00 bits per heavy atom. The highest BCUT2D eigenvalue weighted by atomic mass is 35.5. The molecule has 1 unspecified atom stereocenters. The van der Waals surface area contributed by atoms with Gasteiger partial charge in [-0.05, 0) is 24.5 Å². The monoisotopic (exact) mass is 214 g/mol. The molecule has 0 saturated heterocycles. The van der Waals surface area contributed by atoms with Crippen LogP contribution in [0.4, 0.5) is 0 Å². The van der Waals surface area contributed by atoms with Gasteiger partial charge < -0.3 is 9.84 Å². The first kappa shape index (κ1) is 11.3. The van der Waals surface area contributed by atoms with Gasteiger partial charge in [0.2, 0.25) is 0 Å². The van der Waals surface area contributed by atoms with Crippen LogP contribution in [0.15, 0.2) is 30.3 Å². The van der Waals surface area contributed by atoms with Crippen molar-refractivity contribution in [2.75, 3.05) is 19.1 Å². The van der Waals surface area contributed by atoms with Crippen molar-refractivity contribution in [2.24, 2.45) is 5.92 Å². The summed E-state index contributed by atoms with van der Waals surface area (Å²) in [6.45, 7) is 0.726. The van der Waals surface area contributed by atoms with E-state index in [1.807, 2.05) is 30.3 Å². The summed E-state index contributed by atoms with van der Waals surface area (Å²) in [5.41, 5.74) is 0. The minimum absolute atomic E-state index is 0.127. The normalized spacial score (nSPS) is 12.4. The molecule has 1 N–H and O–H groups in total. The second-order valence-electron chi connectivity index (χ2n) is 3.15. The van der Waals surface area contributed by atoms with Crippen LogP contribution in [0.25, 0.3) is 0 Å². The van der Waals surface area contributed by atoms with Crippen molar-refractivity contribution in [3.63, 3.8) is 0 Å². The largest absolute Gasteiger partial charge is 0.494 e. The molecule has 0 aliphatic heterocycles. The topological polar surface area (TPSA) is 29.5 Å². The lowest BCUT2D eigenvalue weighted by Crippen LogP contribution is -2.12. The average Bonchev–Trinajstić information content (AvgIpc) is 2.26. The van der Waals surface area contributed by atoms with Crippen LogP contribution in [-0.2, 0) is 0 Å². The first-order chi connectivity index (χ1) is 6.86. The number of para-hydroxylation sites is 1. The Balaban J connectivity index is 2.21. The molecule has 0 spiro atoms. The van der Waals surface area contributed by atoms with Crippen LogP contribution in [0.5, 0.6) is 5.75 Å². The Kier molecular flexibility index (Phi) is 5.42. The van der Waals surface area contributed by atoms with E-state index in [2.05, 4.69) is 0 Å². The summed E-state index contributed by atoms with van der Waals surface area (Å²) in [5, 5.41) is 8.88. The molecule has 1 rings (SSSR count). The second kappa shape index (κ2) is 6.68. The minimum atomic E-state index is 0.127. The van der Waals surface area contributed by atoms with Crippen LogP contribution in [-0.4, -0.2) is 24.2 Å². The minimum Gasteiger partial charge on any atom is -0.494 e. The number of hydrogen-bond acceptors (Lipinski definition) is 2. The zero-order valence-electron chi connectivity index (χ0n) is 8.03. The molecular weight excluding hydrogens is 200 g/mol. The molecule has 1 aromatic carbocycles. The third kappa shape index (κ3) is 3.99. The zero-order valence-corrected chi connectivity index (χ0v) is 8.78. The van der Waals surface area contributed by atoms with Crippen LogP contribution >= 0.6 is 11.6 Å². The van der Waals surface area contributed by atoms with Gasteiger partial charge in [-0.25, -0.2) is 0 Å². The van der Waals surface area contributed by atoms with Crippen molar-refractivity contribution >= 4 is 11.6 Å². The first-order valence-corrected chi connectivity index (χ1v) is 5.25. The molecule has 0 saturated carbocycles. The molecule has 0 aliphatic rings. The fourth-order valence-corrected chi connectivity index (χ4v) is 1.33. The van der Waals surface area contributed by atoms with Crippen molar-refractivity contribution in [3.8, 4) is 5.75 Å². The van der Waals surface area contributed by atoms with E-state index in [1.165, 1.54) is 0 Å². The fraction of sp³-hybridized carbons (Fsp3) is 0.455. The lowest BCUT2D eigenvalue weighted by atomic mass is 10.1. The van der Waals surface area contributed by atoms with Gasteiger partial charge in [-0.1, -0.05) is 18.2 Å². The van der Waals surface area contributed by atoms with Crippen molar-refractivity contribution in [3.05, 3.63) is 30.3 Å². The molecule has 1 atom stereocenters. The van der Waals surface area contributed by atoms with Crippen LogP contribution in [0.2, 0.25) is 0 Å². The van der Waals surface area contributed by atoms with Crippen LogP contribution in [0.1, 0.15) is 6.42 Å². The summed E-state index contributed by atoms with van der Waals surface area (Å²) >= 11 is 5.63. The Labute approximate surface area is 89.5 Å². The quantitative estimate of drug-likeness (QED) is 0.737. The highest BCUT2D eigenvalue weighted by molar-refractivity contribution is 6.18. The van der Waals surface area contributed by atoms with E-state index in [9.17, 15) is 0 Å². The molecule has 0 aromatic heterocycles. The van der Waals surface area contributed by atoms with E-state index in [0.29, 0.717) is 12.5 Å². The lowest BCUT2D eigenvalue weighted by Gasteiger charge is -2.11. The summed E-state index contributed by atoms with van der Waals surface area (Å²) in [6.07, 6.45) is 0.787. The second-order valence-corrected chi connectivity index (χ2v) is 3.46. The smallest absolute Gasteiger partial charge is 0.119 e. The number of hydrogen-bond donors (Lipinski definition) is 1. The van der Waals surface area contributed by atoms with Gasteiger partial charge in [0.1, 0.15) is 5.75 Å². The third-order valence-corrected chi connectivity index (χ3v) is 2.45. The van der Waals surface area contributed by atoms with E-state index in [4.69, 9.17) is 21.4 Å². The number of alkyl halides is 1. The van der Waals surface area contributed by atoms with Crippen LogP contribution in [0, 0.1) is 5.92 Å². The molecular formula is C11H15ClO2. The number of halogens is 1. The van der Waals surface area contributed by atoms with E-state index in [-0.39, 0.29) is 12.5 Å². The molecule has 14 heavy (non-hydrogen) atoms. The van der Waals surface area contributed by atoms with Crippen molar-refractivity contribution in [1.29, 1.82) is 0 Å². The van der Waals surface area contributed by atoms with Gasteiger partial charge in [0.15, 0.2) is 0 Å². The number of rotatable bonds is 6. The molecule has 0 aliphatic carbocycles. The van der Waals surface area contributed by atoms with E-state index < -0.39 is 0 Å². The zero-order chi connectivity index (χ0) is 10.2. The van der Waals surface area contributed by atoms with Crippen molar-refractivity contribution in [1.82, 2.24) is 0 Å². The maximum Gasteiger partial charge on any atom is 0.119 e. The highest BCUT2D eigenvalue weighted by Gasteiger charge is 2.05. The Hall–Kier alpha value is -0.730. The molecule has 3 heteroatoms. The Bertz CT molecular complexity index is 234. The van der Waals surface area contributed by atoms with Gasteiger partial charge in [-0.3, -0.25) is 0 Å². The molecule has 0 radical (unpaired) electrons. The van der Waals surface area contributed by atoms with E-state index in [1.54, 1.807) is 0 Å². The maximum atomic E-state index is 8.88. The molecule has 0 bridgehead atoms. The summed E-state index contributed by atoms with van der Waals surface area (Å²) in [7, 11) is 0. The molecule has 1 aromatic rings. The van der Waals surface area contributed by atoms with Crippen molar-refractivity contribution in [2.45, 2.75) is 6.42 Å². The van der Waals surface area contributed by atoms with Gasteiger partial charge in [-0.15, -0.1) is 11.6 Å². The van der Waals surface area contributed by atoms with Gasteiger partial charge in [0, 0.05) is 12.5 Å². The number of ether oxygens (including phenoxy) is 1. The van der Waals surface area contributed by atoms with Gasteiger partial charge in [-0.2, -0.15) is 0 Å². The predicted molar refractivity (Wildman–Crippen MR) is 57.8 cm³/mol. The van der Waals surface area contributed by atoms with Crippen LogP contribution in [0.3, 0.4) is 0 Å². The summed E-state index contributed by atoms with van der Waals surface area (Å²) < 4.78 is 5.47. The van der Waals surface area contributed by atoms with Crippen molar-refractivity contribution < 1.29 is 9.84 Å². The lowest BCUT2D eigenvalue weighted by molar-refractivity contribution is 0.204. The molecule has 0 heterocycles. The van der Waals surface area contributed by atoms with Gasteiger partial charge >= 0.3 is 0 Å². The highest BCUT2D eigenvalue weighted by Crippen LogP contribution is 2.10. The van der Waals surface area contributed by atoms with E-state index >= 15 is 0 Å². The molecule has 0 fully saturated rings. The molecule has 0 amide bonds.